The lowest BCUT2D eigenvalue weighted by atomic mass is 10.2. The number of rotatable bonds is 3. The molecule has 7 nitrogen and oxygen atoms in total. The topological polar surface area (TPSA) is 76.8 Å². The Hall–Kier alpha value is -1.60. The summed E-state index contributed by atoms with van der Waals surface area (Å²) in [5.74, 6) is -0.461. The summed E-state index contributed by atoms with van der Waals surface area (Å²) in [7, 11) is 0. The van der Waals surface area contributed by atoms with E-state index in [9.17, 15) is 4.79 Å². The second kappa shape index (κ2) is 5.18. The van der Waals surface area contributed by atoms with Crippen LogP contribution in [0.15, 0.2) is 6.07 Å². The fraction of sp³-hybridized carbons (Fsp3) is 0.667. The molecule has 1 aromatic rings. The Kier molecular flexibility index (Phi) is 3.39. The van der Waals surface area contributed by atoms with Crippen molar-refractivity contribution in [3.8, 4) is 5.88 Å². The molecule has 0 amide bonds. The molecule has 3 rings (SSSR count). The van der Waals surface area contributed by atoms with E-state index in [1.54, 1.807) is 4.68 Å². The van der Waals surface area contributed by atoms with Gasteiger partial charge in [0.1, 0.15) is 6.10 Å². The van der Waals surface area contributed by atoms with Crippen LogP contribution in [0.2, 0.25) is 0 Å². The van der Waals surface area contributed by atoms with Gasteiger partial charge in [-0.3, -0.25) is 4.90 Å². The Morgan fingerprint density at radius 3 is 2.95 bits per heavy atom. The minimum absolute atomic E-state index is 0.0435. The van der Waals surface area contributed by atoms with Crippen LogP contribution in [-0.4, -0.2) is 64.7 Å². The van der Waals surface area contributed by atoms with Crippen LogP contribution < -0.4 is 4.74 Å². The number of morpholine rings is 1. The second-order valence-electron chi connectivity index (χ2n) is 4.84. The number of hydrogen-bond donors (Lipinski definition) is 1. The molecular weight excluding hydrogens is 250 g/mol. The number of ether oxygens (including phenoxy) is 2. The lowest BCUT2D eigenvalue weighted by Gasteiger charge is -2.32. The lowest BCUT2D eigenvalue weighted by Crippen LogP contribution is -2.44. The highest BCUT2D eigenvalue weighted by Crippen LogP contribution is 2.22. The van der Waals surface area contributed by atoms with Crippen molar-refractivity contribution in [2.45, 2.75) is 19.1 Å². The number of aromatic carboxylic acids is 1. The fourth-order valence-electron chi connectivity index (χ4n) is 2.46. The highest BCUT2D eigenvalue weighted by molar-refractivity contribution is 5.85. The number of aryl methyl sites for hydroxylation is 1. The Bertz CT molecular complexity index is 468. The molecule has 7 heteroatoms. The van der Waals surface area contributed by atoms with E-state index in [1.807, 2.05) is 0 Å². The van der Waals surface area contributed by atoms with Gasteiger partial charge in [0.25, 0.3) is 0 Å². The average molecular weight is 267 g/mol. The van der Waals surface area contributed by atoms with Crippen molar-refractivity contribution in [2.75, 3.05) is 32.8 Å². The van der Waals surface area contributed by atoms with Crippen molar-refractivity contribution >= 4 is 5.97 Å². The molecule has 1 fully saturated rings. The Morgan fingerprint density at radius 1 is 1.42 bits per heavy atom. The van der Waals surface area contributed by atoms with E-state index in [-0.39, 0.29) is 11.8 Å². The molecule has 0 saturated carbocycles. The van der Waals surface area contributed by atoms with Gasteiger partial charge in [-0.15, -0.1) is 0 Å². The van der Waals surface area contributed by atoms with Crippen LogP contribution in [0.4, 0.5) is 0 Å². The number of carboxylic acid groups (broad SMARTS) is 1. The van der Waals surface area contributed by atoms with Gasteiger partial charge >= 0.3 is 5.97 Å². The number of carboxylic acids is 1. The van der Waals surface area contributed by atoms with Crippen LogP contribution in [0, 0.1) is 0 Å². The summed E-state index contributed by atoms with van der Waals surface area (Å²) >= 11 is 0. The molecule has 1 atom stereocenters. The van der Waals surface area contributed by atoms with Crippen molar-refractivity contribution < 1.29 is 19.4 Å². The molecule has 1 N–H and O–H groups in total. The molecule has 2 aliphatic heterocycles. The van der Waals surface area contributed by atoms with E-state index >= 15 is 0 Å². The molecule has 1 saturated heterocycles. The summed E-state index contributed by atoms with van der Waals surface area (Å²) in [5, 5.41) is 12.9. The average Bonchev–Trinajstić information content (AvgIpc) is 2.83. The molecule has 0 spiro atoms. The smallest absolute Gasteiger partial charge is 0.356 e. The van der Waals surface area contributed by atoms with E-state index in [4.69, 9.17) is 14.6 Å². The first-order valence-corrected chi connectivity index (χ1v) is 6.50. The summed E-state index contributed by atoms with van der Waals surface area (Å²) in [6, 6.07) is 1.49. The number of aromatic nitrogens is 2. The van der Waals surface area contributed by atoms with E-state index in [0.717, 1.165) is 39.3 Å². The number of carbonyl (C=O) groups is 1. The van der Waals surface area contributed by atoms with Gasteiger partial charge in [0.2, 0.25) is 5.88 Å². The van der Waals surface area contributed by atoms with Gasteiger partial charge in [-0.05, 0) is 0 Å². The zero-order valence-electron chi connectivity index (χ0n) is 10.6. The van der Waals surface area contributed by atoms with Gasteiger partial charge in [0.15, 0.2) is 5.69 Å². The number of hydrogen-bond acceptors (Lipinski definition) is 5. The quantitative estimate of drug-likeness (QED) is 0.835. The van der Waals surface area contributed by atoms with Gasteiger partial charge in [0.05, 0.1) is 13.2 Å². The Balaban J connectivity index is 1.63. The van der Waals surface area contributed by atoms with Crippen molar-refractivity contribution in [3.63, 3.8) is 0 Å². The highest BCUT2D eigenvalue weighted by atomic mass is 16.5. The molecule has 3 heterocycles. The third-order valence-electron chi connectivity index (χ3n) is 3.48. The second-order valence-corrected chi connectivity index (χ2v) is 4.84. The summed E-state index contributed by atoms with van der Waals surface area (Å²) in [6.45, 7) is 4.97. The maximum Gasteiger partial charge on any atom is 0.356 e. The molecule has 0 aliphatic carbocycles. The van der Waals surface area contributed by atoms with Crippen LogP contribution >= 0.6 is 0 Å². The Labute approximate surface area is 110 Å². The molecule has 1 aromatic heterocycles. The SMILES string of the molecule is O=C(O)c1cc2n(n1)CCC(CN1CCOCC1)O2. The van der Waals surface area contributed by atoms with Crippen molar-refractivity contribution in [2.24, 2.45) is 0 Å². The van der Waals surface area contributed by atoms with Crippen LogP contribution in [0.1, 0.15) is 16.9 Å². The predicted molar refractivity (Wildman–Crippen MR) is 65.5 cm³/mol. The van der Waals surface area contributed by atoms with E-state index < -0.39 is 5.97 Å². The predicted octanol–water partition coefficient (Wildman–Crippen LogP) is 0.0646. The molecule has 0 radical (unpaired) electrons. The summed E-state index contributed by atoms with van der Waals surface area (Å²) in [6.07, 6.45) is 0.953. The largest absolute Gasteiger partial charge is 0.476 e. The van der Waals surface area contributed by atoms with Crippen molar-refractivity contribution in [3.05, 3.63) is 11.8 Å². The summed E-state index contributed by atoms with van der Waals surface area (Å²) < 4.78 is 12.8. The van der Waals surface area contributed by atoms with Gasteiger partial charge in [0, 0.05) is 38.7 Å². The summed E-state index contributed by atoms with van der Waals surface area (Å²) in [4.78, 5) is 13.2. The zero-order chi connectivity index (χ0) is 13.2. The maximum absolute atomic E-state index is 10.9. The molecular formula is C12H17N3O4. The minimum Gasteiger partial charge on any atom is -0.476 e. The van der Waals surface area contributed by atoms with Gasteiger partial charge in [-0.1, -0.05) is 0 Å². The molecule has 19 heavy (non-hydrogen) atoms. The molecule has 0 aromatic carbocycles. The monoisotopic (exact) mass is 267 g/mol. The van der Waals surface area contributed by atoms with Crippen LogP contribution in [0.25, 0.3) is 0 Å². The highest BCUT2D eigenvalue weighted by Gasteiger charge is 2.25. The lowest BCUT2D eigenvalue weighted by molar-refractivity contribution is 0.0109. The fourth-order valence-corrected chi connectivity index (χ4v) is 2.46. The standard InChI is InChI=1S/C12H17N3O4/c16-12(17)10-7-11-15(13-10)2-1-9(19-11)8-14-3-5-18-6-4-14/h7,9H,1-6,8H2,(H,16,17). The summed E-state index contributed by atoms with van der Waals surface area (Å²) in [5.41, 5.74) is 0.0435. The first-order chi connectivity index (χ1) is 9.22. The Morgan fingerprint density at radius 2 is 2.21 bits per heavy atom. The third-order valence-corrected chi connectivity index (χ3v) is 3.48. The number of fused-ring (bicyclic) bond motifs is 1. The minimum atomic E-state index is -1.02. The third kappa shape index (κ3) is 2.71. The van der Waals surface area contributed by atoms with E-state index in [2.05, 4.69) is 10.00 Å². The number of nitrogens with zero attached hydrogens (tertiary/aromatic N) is 3. The van der Waals surface area contributed by atoms with E-state index in [0.29, 0.717) is 12.4 Å². The van der Waals surface area contributed by atoms with E-state index in [1.165, 1.54) is 6.07 Å². The normalized spacial score (nSPS) is 23.7. The van der Waals surface area contributed by atoms with Crippen LogP contribution in [-0.2, 0) is 11.3 Å². The van der Waals surface area contributed by atoms with Gasteiger partial charge in [-0.2, -0.15) is 5.10 Å². The molecule has 104 valence electrons. The van der Waals surface area contributed by atoms with Gasteiger partial charge in [-0.25, -0.2) is 9.48 Å². The molecule has 2 aliphatic rings. The molecule has 1 unspecified atom stereocenters. The van der Waals surface area contributed by atoms with Crippen LogP contribution in [0.3, 0.4) is 0 Å². The molecule has 0 bridgehead atoms. The maximum atomic E-state index is 10.9. The van der Waals surface area contributed by atoms with Crippen LogP contribution in [0.5, 0.6) is 5.88 Å². The first-order valence-electron chi connectivity index (χ1n) is 6.50. The van der Waals surface area contributed by atoms with Crippen molar-refractivity contribution in [1.82, 2.24) is 14.7 Å². The zero-order valence-corrected chi connectivity index (χ0v) is 10.6. The van der Waals surface area contributed by atoms with Crippen molar-refractivity contribution in [1.29, 1.82) is 0 Å². The van der Waals surface area contributed by atoms with Gasteiger partial charge < -0.3 is 14.6 Å². The first kappa shape index (κ1) is 12.4.